The van der Waals surface area contributed by atoms with E-state index in [9.17, 15) is 8.42 Å². The molecule has 3 aliphatic rings. The maximum absolute atomic E-state index is 12.2. The highest BCUT2D eigenvalue weighted by Crippen LogP contribution is 2.39. The van der Waals surface area contributed by atoms with Gasteiger partial charge in [-0.3, -0.25) is 0 Å². The van der Waals surface area contributed by atoms with Crippen LogP contribution in [0.25, 0.3) is 0 Å². The van der Waals surface area contributed by atoms with Crippen molar-refractivity contribution in [1.29, 1.82) is 0 Å². The van der Waals surface area contributed by atoms with E-state index in [1.54, 1.807) is 10.6 Å². The Morgan fingerprint density at radius 2 is 1.83 bits per heavy atom. The van der Waals surface area contributed by atoms with Gasteiger partial charge in [0.25, 0.3) is 0 Å². The second-order valence-electron chi connectivity index (χ2n) is 6.95. The first-order valence-corrected chi connectivity index (χ1v) is 10.1. The second-order valence-corrected chi connectivity index (χ2v) is 9.17. The van der Waals surface area contributed by atoms with Crippen LogP contribution in [0.3, 0.4) is 0 Å². The fraction of sp³-hybridized carbons (Fsp3) is 0.750. The van der Waals surface area contributed by atoms with Crippen molar-refractivity contribution < 1.29 is 13.2 Å². The van der Waals surface area contributed by atoms with E-state index in [4.69, 9.17) is 4.74 Å². The lowest BCUT2D eigenvalue weighted by Crippen LogP contribution is -2.41. The molecular weight excluding hydrogens is 314 g/mol. The minimum Gasteiger partial charge on any atom is -0.477 e. The van der Waals surface area contributed by atoms with Gasteiger partial charge in [-0.25, -0.2) is 22.7 Å². The molecule has 2 aliphatic carbocycles. The number of sulfonamides is 1. The van der Waals surface area contributed by atoms with Crippen molar-refractivity contribution in [2.24, 2.45) is 5.92 Å². The van der Waals surface area contributed by atoms with Crippen LogP contribution in [0.5, 0.6) is 5.88 Å². The number of hydrogen-bond donors (Lipinski definition) is 0. The number of ether oxygens (including phenoxy) is 1. The summed E-state index contributed by atoms with van der Waals surface area (Å²) in [5.41, 5.74) is 1.08. The van der Waals surface area contributed by atoms with Crippen LogP contribution in [-0.2, 0) is 10.0 Å². The fourth-order valence-corrected chi connectivity index (χ4v) is 5.02. The maximum Gasteiger partial charge on any atom is 0.216 e. The molecule has 6 nitrogen and oxygen atoms in total. The number of hydrogen-bond acceptors (Lipinski definition) is 5. The third kappa shape index (κ3) is 3.50. The summed E-state index contributed by atoms with van der Waals surface area (Å²) >= 11 is 0. The molecule has 0 radical (unpaired) electrons. The van der Waals surface area contributed by atoms with Gasteiger partial charge in [0.05, 0.1) is 17.6 Å². The predicted octanol–water partition coefficient (Wildman–Crippen LogP) is 1.94. The Kier molecular flexibility index (Phi) is 4.01. The van der Waals surface area contributed by atoms with Gasteiger partial charge in [0.1, 0.15) is 6.33 Å². The van der Waals surface area contributed by atoms with Crippen LogP contribution in [0.15, 0.2) is 12.4 Å². The Balaban J connectivity index is 1.27. The van der Waals surface area contributed by atoms with Crippen LogP contribution in [0.2, 0.25) is 0 Å². The Morgan fingerprint density at radius 3 is 2.48 bits per heavy atom. The molecule has 3 fully saturated rings. The molecular formula is C16H23N3O3S. The van der Waals surface area contributed by atoms with Crippen molar-refractivity contribution in [2.45, 2.75) is 49.7 Å². The fourth-order valence-electron chi connectivity index (χ4n) is 3.15. The monoisotopic (exact) mass is 337 g/mol. The summed E-state index contributed by atoms with van der Waals surface area (Å²) in [6.45, 7) is 1.87. The van der Waals surface area contributed by atoms with Gasteiger partial charge < -0.3 is 4.74 Å². The molecule has 0 bridgehead atoms. The Labute approximate surface area is 137 Å². The summed E-state index contributed by atoms with van der Waals surface area (Å²) < 4.78 is 31.9. The molecule has 1 aromatic rings. The van der Waals surface area contributed by atoms with Gasteiger partial charge in [0, 0.05) is 25.1 Å². The molecule has 126 valence electrons. The third-order valence-electron chi connectivity index (χ3n) is 5.00. The summed E-state index contributed by atoms with van der Waals surface area (Å²) in [6.07, 6.45) is 7.41. The minimum atomic E-state index is -3.02. The standard InChI is InChI=1S/C16H23N3O3S/c20-23(21,14-3-4-14)19-7-5-12(6-8-19)10-22-16-9-15(13-1-2-13)17-11-18-16/h9,11-14H,1-8,10H2. The molecule has 4 rings (SSSR count). The second kappa shape index (κ2) is 6.02. The van der Waals surface area contributed by atoms with Crippen molar-refractivity contribution in [3.63, 3.8) is 0 Å². The van der Waals surface area contributed by atoms with E-state index < -0.39 is 10.0 Å². The topological polar surface area (TPSA) is 72.4 Å². The first-order chi connectivity index (χ1) is 11.1. The number of rotatable bonds is 6. The molecule has 0 spiro atoms. The summed E-state index contributed by atoms with van der Waals surface area (Å²) in [4.78, 5) is 8.47. The molecule has 23 heavy (non-hydrogen) atoms. The molecule has 0 amide bonds. The number of piperidine rings is 1. The molecule has 1 saturated heterocycles. The molecule has 0 unspecified atom stereocenters. The lowest BCUT2D eigenvalue weighted by atomic mass is 9.99. The Hall–Kier alpha value is -1.21. The first-order valence-electron chi connectivity index (χ1n) is 8.56. The quantitative estimate of drug-likeness (QED) is 0.793. The van der Waals surface area contributed by atoms with Gasteiger partial charge in [-0.05, 0) is 44.4 Å². The average Bonchev–Trinajstić information content (AvgIpc) is 3.45. The van der Waals surface area contributed by atoms with E-state index in [0.717, 1.165) is 31.4 Å². The van der Waals surface area contributed by atoms with Crippen LogP contribution in [-0.4, -0.2) is 47.6 Å². The van der Waals surface area contributed by atoms with E-state index in [0.29, 0.717) is 37.4 Å². The average molecular weight is 337 g/mol. The SMILES string of the molecule is O=S(=O)(C1CC1)N1CCC(COc2cc(C3CC3)ncn2)CC1. The number of nitrogens with zero attached hydrogens (tertiary/aromatic N) is 3. The highest BCUT2D eigenvalue weighted by atomic mass is 32.2. The lowest BCUT2D eigenvalue weighted by Gasteiger charge is -2.31. The van der Waals surface area contributed by atoms with Gasteiger partial charge in [-0.2, -0.15) is 0 Å². The number of aromatic nitrogens is 2. The predicted molar refractivity (Wildman–Crippen MR) is 85.7 cm³/mol. The maximum atomic E-state index is 12.2. The summed E-state index contributed by atoms with van der Waals surface area (Å²) in [7, 11) is -3.02. The molecule has 0 aromatic carbocycles. The van der Waals surface area contributed by atoms with E-state index in [1.807, 2.05) is 6.07 Å². The van der Waals surface area contributed by atoms with Crippen LogP contribution >= 0.6 is 0 Å². The Bertz CT molecular complexity index is 663. The van der Waals surface area contributed by atoms with Gasteiger partial charge in [0.2, 0.25) is 15.9 Å². The highest BCUT2D eigenvalue weighted by molar-refractivity contribution is 7.90. The zero-order chi connectivity index (χ0) is 15.9. The summed E-state index contributed by atoms with van der Waals surface area (Å²) in [5, 5.41) is -0.0998. The summed E-state index contributed by atoms with van der Waals surface area (Å²) in [6, 6.07) is 1.95. The molecule has 1 aliphatic heterocycles. The van der Waals surface area contributed by atoms with Crippen molar-refractivity contribution in [1.82, 2.24) is 14.3 Å². The highest BCUT2D eigenvalue weighted by Gasteiger charge is 2.41. The van der Waals surface area contributed by atoms with Crippen LogP contribution in [0.1, 0.15) is 50.1 Å². The normalized spacial score (nSPS) is 23.8. The van der Waals surface area contributed by atoms with Crippen molar-refractivity contribution in [3.05, 3.63) is 18.1 Å². The van der Waals surface area contributed by atoms with E-state index >= 15 is 0 Å². The lowest BCUT2D eigenvalue weighted by molar-refractivity contribution is 0.180. The third-order valence-corrected chi connectivity index (χ3v) is 7.40. The van der Waals surface area contributed by atoms with Gasteiger partial charge in [-0.15, -0.1) is 0 Å². The van der Waals surface area contributed by atoms with Crippen molar-refractivity contribution >= 4 is 10.0 Å². The van der Waals surface area contributed by atoms with Crippen LogP contribution < -0.4 is 4.74 Å². The van der Waals surface area contributed by atoms with Crippen LogP contribution in [0.4, 0.5) is 0 Å². The zero-order valence-corrected chi connectivity index (χ0v) is 14.0. The van der Waals surface area contributed by atoms with Crippen molar-refractivity contribution in [3.8, 4) is 5.88 Å². The van der Waals surface area contributed by atoms with Gasteiger partial charge in [0.15, 0.2) is 0 Å². The molecule has 7 heteroatoms. The van der Waals surface area contributed by atoms with E-state index in [2.05, 4.69) is 9.97 Å². The Morgan fingerprint density at radius 1 is 1.09 bits per heavy atom. The molecule has 1 aromatic heterocycles. The summed E-state index contributed by atoms with van der Waals surface area (Å²) in [5.74, 6) is 1.64. The molecule has 2 heterocycles. The van der Waals surface area contributed by atoms with E-state index in [-0.39, 0.29) is 5.25 Å². The largest absolute Gasteiger partial charge is 0.477 e. The van der Waals surface area contributed by atoms with Gasteiger partial charge in [-0.1, -0.05) is 0 Å². The molecule has 0 atom stereocenters. The van der Waals surface area contributed by atoms with Crippen molar-refractivity contribution in [2.75, 3.05) is 19.7 Å². The molecule has 0 N–H and O–H groups in total. The van der Waals surface area contributed by atoms with Crippen LogP contribution in [0, 0.1) is 5.92 Å². The first kappa shape index (κ1) is 15.3. The van der Waals surface area contributed by atoms with E-state index in [1.165, 1.54) is 12.8 Å². The zero-order valence-electron chi connectivity index (χ0n) is 13.2. The van der Waals surface area contributed by atoms with Gasteiger partial charge >= 0.3 is 0 Å². The molecule has 2 saturated carbocycles. The smallest absolute Gasteiger partial charge is 0.216 e. The minimum absolute atomic E-state index is 0.0998.